The number of benzene rings is 1. The number of carbonyl (C=O) groups is 1. The Morgan fingerprint density at radius 1 is 1.33 bits per heavy atom. The number of hydrogen-bond donors (Lipinski definition) is 0. The molecule has 21 heavy (non-hydrogen) atoms. The third kappa shape index (κ3) is 2.92. The molecule has 6 nitrogen and oxygen atoms in total. The van der Waals surface area contributed by atoms with Crippen LogP contribution in [0, 0.1) is 0 Å². The SMILES string of the molecule is C[C@@H](Sc1nnnn1C)C(=O)N1CCc2ccccc2C1. The Balaban J connectivity index is 1.67. The normalized spacial score (nSPS) is 15.6. The maximum atomic E-state index is 12.6. The predicted octanol–water partition coefficient (Wildman–Crippen LogP) is 1.28. The minimum atomic E-state index is -0.194. The molecule has 1 atom stereocenters. The maximum Gasteiger partial charge on any atom is 0.236 e. The van der Waals surface area contributed by atoms with Crippen LogP contribution in [0.4, 0.5) is 0 Å². The van der Waals surface area contributed by atoms with Gasteiger partial charge in [-0.15, -0.1) is 5.10 Å². The standard InChI is InChI=1S/C14H17N5OS/c1-10(21-14-15-16-17-18(14)2)13(20)19-8-7-11-5-3-4-6-12(11)9-19/h3-6,10H,7-9H2,1-2H3/t10-/m1/s1. The van der Waals surface area contributed by atoms with E-state index < -0.39 is 0 Å². The Labute approximate surface area is 127 Å². The van der Waals surface area contributed by atoms with E-state index in [0.717, 1.165) is 13.0 Å². The summed E-state index contributed by atoms with van der Waals surface area (Å²) in [5, 5.41) is 11.8. The molecule has 0 saturated heterocycles. The van der Waals surface area contributed by atoms with Gasteiger partial charge < -0.3 is 4.90 Å². The van der Waals surface area contributed by atoms with E-state index in [0.29, 0.717) is 11.7 Å². The average Bonchev–Trinajstić information content (AvgIpc) is 2.91. The van der Waals surface area contributed by atoms with Crippen molar-refractivity contribution < 1.29 is 4.79 Å². The zero-order valence-corrected chi connectivity index (χ0v) is 12.9. The average molecular weight is 303 g/mol. The lowest BCUT2D eigenvalue weighted by atomic mass is 10.00. The molecule has 1 aliphatic rings. The quantitative estimate of drug-likeness (QED) is 0.799. The van der Waals surface area contributed by atoms with Crippen molar-refractivity contribution in [1.82, 2.24) is 25.1 Å². The molecule has 0 fully saturated rings. The van der Waals surface area contributed by atoms with Crippen molar-refractivity contribution in [3.63, 3.8) is 0 Å². The molecule has 7 heteroatoms. The highest BCUT2D eigenvalue weighted by molar-refractivity contribution is 8.00. The van der Waals surface area contributed by atoms with Crippen molar-refractivity contribution in [3.8, 4) is 0 Å². The zero-order valence-electron chi connectivity index (χ0n) is 12.1. The highest BCUT2D eigenvalue weighted by atomic mass is 32.2. The van der Waals surface area contributed by atoms with Gasteiger partial charge in [-0.05, 0) is 34.9 Å². The van der Waals surface area contributed by atoms with E-state index in [1.54, 1.807) is 11.7 Å². The minimum absolute atomic E-state index is 0.137. The molecule has 0 spiro atoms. The van der Waals surface area contributed by atoms with Gasteiger partial charge in [0.2, 0.25) is 11.1 Å². The Kier molecular flexibility index (Phi) is 3.92. The molecule has 0 unspecified atom stereocenters. The molecule has 0 bridgehead atoms. The Bertz CT molecular complexity index is 656. The third-order valence-corrected chi connectivity index (χ3v) is 4.77. The van der Waals surface area contributed by atoms with Crippen LogP contribution in [0.15, 0.2) is 29.4 Å². The summed E-state index contributed by atoms with van der Waals surface area (Å²) in [6.45, 7) is 3.37. The van der Waals surface area contributed by atoms with Crippen LogP contribution in [-0.4, -0.2) is 42.8 Å². The zero-order chi connectivity index (χ0) is 14.8. The molecule has 110 valence electrons. The molecule has 1 aliphatic heterocycles. The number of nitrogens with zero attached hydrogens (tertiary/aromatic N) is 5. The van der Waals surface area contributed by atoms with Gasteiger partial charge in [0, 0.05) is 20.1 Å². The van der Waals surface area contributed by atoms with E-state index in [-0.39, 0.29) is 11.2 Å². The van der Waals surface area contributed by atoms with Crippen LogP contribution in [0.5, 0.6) is 0 Å². The van der Waals surface area contributed by atoms with Crippen LogP contribution in [0.2, 0.25) is 0 Å². The number of thioether (sulfide) groups is 1. The number of aryl methyl sites for hydroxylation is 1. The van der Waals surface area contributed by atoms with Crippen molar-refractivity contribution in [2.75, 3.05) is 6.54 Å². The number of fused-ring (bicyclic) bond motifs is 1. The molecule has 2 heterocycles. The fourth-order valence-electron chi connectivity index (χ4n) is 2.47. The molecule has 0 saturated carbocycles. The summed E-state index contributed by atoms with van der Waals surface area (Å²) in [5.74, 6) is 0.137. The largest absolute Gasteiger partial charge is 0.337 e. The molecule has 1 amide bonds. The lowest BCUT2D eigenvalue weighted by molar-refractivity contribution is -0.131. The number of hydrogen-bond acceptors (Lipinski definition) is 5. The van der Waals surface area contributed by atoms with Gasteiger partial charge in [0.05, 0.1) is 5.25 Å². The Hall–Kier alpha value is -1.89. The summed E-state index contributed by atoms with van der Waals surface area (Å²) in [5.41, 5.74) is 2.59. The first kappa shape index (κ1) is 14.1. The Morgan fingerprint density at radius 3 is 2.81 bits per heavy atom. The molecular formula is C14H17N5OS. The highest BCUT2D eigenvalue weighted by Gasteiger charge is 2.26. The molecule has 0 N–H and O–H groups in total. The van der Waals surface area contributed by atoms with Crippen LogP contribution in [0.1, 0.15) is 18.1 Å². The van der Waals surface area contributed by atoms with Gasteiger partial charge in [0.1, 0.15) is 0 Å². The summed E-state index contributed by atoms with van der Waals surface area (Å²) in [6, 6.07) is 8.31. The maximum absolute atomic E-state index is 12.6. The van der Waals surface area contributed by atoms with Gasteiger partial charge in [0.15, 0.2) is 0 Å². The topological polar surface area (TPSA) is 63.9 Å². The first-order chi connectivity index (χ1) is 10.1. The number of amides is 1. The van der Waals surface area contributed by atoms with Crippen molar-refractivity contribution in [2.24, 2.45) is 7.05 Å². The number of aromatic nitrogens is 4. The smallest absolute Gasteiger partial charge is 0.236 e. The van der Waals surface area contributed by atoms with Crippen molar-refractivity contribution >= 4 is 17.7 Å². The van der Waals surface area contributed by atoms with Crippen LogP contribution < -0.4 is 0 Å². The second-order valence-electron chi connectivity index (χ2n) is 5.12. The minimum Gasteiger partial charge on any atom is -0.337 e. The van der Waals surface area contributed by atoms with Crippen LogP contribution in [0.3, 0.4) is 0 Å². The molecule has 3 rings (SSSR count). The second-order valence-corrected chi connectivity index (χ2v) is 6.43. The number of tetrazole rings is 1. The summed E-state index contributed by atoms with van der Waals surface area (Å²) in [6.07, 6.45) is 0.921. The lowest BCUT2D eigenvalue weighted by Gasteiger charge is -2.30. The molecule has 2 aromatic rings. The van der Waals surface area contributed by atoms with Gasteiger partial charge >= 0.3 is 0 Å². The van der Waals surface area contributed by atoms with E-state index in [9.17, 15) is 4.79 Å². The number of rotatable bonds is 3. The van der Waals surface area contributed by atoms with E-state index in [2.05, 4.69) is 33.7 Å². The summed E-state index contributed by atoms with van der Waals surface area (Å²) >= 11 is 1.40. The van der Waals surface area contributed by atoms with E-state index in [1.165, 1.54) is 22.9 Å². The van der Waals surface area contributed by atoms with Gasteiger partial charge in [-0.25, -0.2) is 4.68 Å². The van der Waals surface area contributed by atoms with Crippen molar-refractivity contribution in [3.05, 3.63) is 35.4 Å². The molecular weight excluding hydrogens is 286 g/mol. The van der Waals surface area contributed by atoms with Crippen LogP contribution >= 0.6 is 11.8 Å². The molecule has 1 aromatic carbocycles. The monoisotopic (exact) mass is 303 g/mol. The molecule has 0 radical (unpaired) electrons. The lowest BCUT2D eigenvalue weighted by Crippen LogP contribution is -2.40. The molecule has 0 aliphatic carbocycles. The van der Waals surface area contributed by atoms with Gasteiger partial charge in [0.25, 0.3) is 0 Å². The summed E-state index contributed by atoms with van der Waals surface area (Å²) < 4.78 is 1.58. The Morgan fingerprint density at radius 2 is 2.10 bits per heavy atom. The van der Waals surface area contributed by atoms with Gasteiger partial charge in [-0.1, -0.05) is 36.0 Å². The van der Waals surface area contributed by atoms with E-state index in [1.807, 2.05) is 17.9 Å². The highest BCUT2D eigenvalue weighted by Crippen LogP contribution is 2.24. The summed E-state index contributed by atoms with van der Waals surface area (Å²) in [4.78, 5) is 14.5. The summed E-state index contributed by atoms with van der Waals surface area (Å²) in [7, 11) is 1.77. The third-order valence-electron chi connectivity index (χ3n) is 3.65. The van der Waals surface area contributed by atoms with Crippen LogP contribution in [-0.2, 0) is 24.8 Å². The van der Waals surface area contributed by atoms with E-state index >= 15 is 0 Å². The van der Waals surface area contributed by atoms with Crippen molar-refractivity contribution in [1.29, 1.82) is 0 Å². The fourth-order valence-corrected chi connectivity index (χ4v) is 3.31. The first-order valence-electron chi connectivity index (χ1n) is 6.89. The number of carbonyl (C=O) groups excluding carboxylic acids is 1. The van der Waals surface area contributed by atoms with Gasteiger partial charge in [-0.2, -0.15) is 0 Å². The first-order valence-corrected chi connectivity index (χ1v) is 7.77. The fraction of sp³-hybridized carbons (Fsp3) is 0.429. The van der Waals surface area contributed by atoms with Crippen LogP contribution in [0.25, 0.3) is 0 Å². The van der Waals surface area contributed by atoms with Gasteiger partial charge in [-0.3, -0.25) is 4.79 Å². The second kappa shape index (κ2) is 5.85. The predicted molar refractivity (Wildman–Crippen MR) is 79.7 cm³/mol. The van der Waals surface area contributed by atoms with E-state index in [4.69, 9.17) is 0 Å². The molecule has 1 aromatic heterocycles. The van der Waals surface area contributed by atoms with Crippen molar-refractivity contribution in [2.45, 2.75) is 30.3 Å².